The SMILES string of the molecule is CN1CCC(N(C)c2ccc(Cl)cc2C(=N)N)CC1. The molecule has 0 aliphatic carbocycles. The highest BCUT2D eigenvalue weighted by Gasteiger charge is 2.22. The highest BCUT2D eigenvalue weighted by atomic mass is 35.5. The van der Waals surface area contributed by atoms with Crippen LogP contribution in [0.1, 0.15) is 18.4 Å². The average Bonchev–Trinajstić information content (AvgIpc) is 2.38. The average molecular weight is 281 g/mol. The van der Waals surface area contributed by atoms with E-state index >= 15 is 0 Å². The van der Waals surface area contributed by atoms with Gasteiger partial charge in [0.1, 0.15) is 5.84 Å². The number of likely N-dealkylation sites (tertiary alicyclic amines) is 1. The van der Waals surface area contributed by atoms with Gasteiger partial charge in [-0.3, -0.25) is 5.41 Å². The van der Waals surface area contributed by atoms with Crippen molar-refractivity contribution in [2.45, 2.75) is 18.9 Å². The van der Waals surface area contributed by atoms with Gasteiger partial charge in [-0.1, -0.05) is 11.6 Å². The number of piperidine rings is 1. The van der Waals surface area contributed by atoms with Gasteiger partial charge in [-0.25, -0.2) is 0 Å². The number of anilines is 1. The minimum absolute atomic E-state index is 0.0669. The van der Waals surface area contributed by atoms with Gasteiger partial charge in [0.25, 0.3) is 0 Å². The fourth-order valence-electron chi connectivity index (χ4n) is 2.61. The second-order valence-corrected chi connectivity index (χ2v) is 5.66. The molecule has 0 unspecified atom stereocenters. The van der Waals surface area contributed by atoms with Crippen molar-refractivity contribution in [2.75, 3.05) is 32.1 Å². The first-order chi connectivity index (χ1) is 8.99. The molecule has 2 rings (SSSR count). The lowest BCUT2D eigenvalue weighted by Gasteiger charge is -2.37. The lowest BCUT2D eigenvalue weighted by atomic mass is 10.0. The van der Waals surface area contributed by atoms with Crippen molar-refractivity contribution >= 4 is 23.1 Å². The Morgan fingerprint density at radius 1 is 1.42 bits per heavy atom. The Labute approximate surface area is 119 Å². The Balaban J connectivity index is 2.23. The molecule has 3 N–H and O–H groups in total. The van der Waals surface area contributed by atoms with Crippen LogP contribution in [0.2, 0.25) is 5.02 Å². The summed E-state index contributed by atoms with van der Waals surface area (Å²) in [7, 11) is 4.23. The van der Waals surface area contributed by atoms with Crippen molar-refractivity contribution in [3.8, 4) is 0 Å². The molecular weight excluding hydrogens is 260 g/mol. The van der Waals surface area contributed by atoms with Gasteiger partial charge >= 0.3 is 0 Å². The monoisotopic (exact) mass is 280 g/mol. The van der Waals surface area contributed by atoms with Gasteiger partial charge in [0.2, 0.25) is 0 Å². The quantitative estimate of drug-likeness (QED) is 0.659. The molecule has 1 aromatic rings. The van der Waals surface area contributed by atoms with Crippen LogP contribution in [0.5, 0.6) is 0 Å². The van der Waals surface area contributed by atoms with E-state index in [9.17, 15) is 0 Å². The highest BCUT2D eigenvalue weighted by molar-refractivity contribution is 6.31. The van der Waals surface area contributed by atoms with Gasteiger partial charge < -0.3 is 15.5 Å². The van der Waals surface area contributed by atoms with Crippen LogP contribution in [-0.4, -0.2) is 44.0 Å². The molecule has 0 spiro atoms. The van der Waals surface area contributed by atoms with Crippen molar-refractivity contribution in [1.29, 1.82) is 5.41 Å². The number of rotatable bonds is 3. The topological polar surface area (TPSA) is 56.4 Å². The van der Waals surface area contributed by atoms with Crippen molar-refractivity contribution in [3.05, 3.63) is 28.8 Å². The molecule has 104 valence electrons. The van der Waals surface area contributed by atoms with Crippen molar-refractivity contribution < 1.29 is 0 Å². The van der Waals surface area contributed by atoms with Crippen LogP contribution in [0.25, 0.3) is 0 Å². The molecule has 0 aromatic heterocycles. The van der Waals surface area contributed by atoms with Crippen molar-refractivity contribution in [2.24, 2.45) is 5.73 Å². The summed E-state index contributed by atoms with van der Waals surface area (Å²) in [6.07, 6.45) is 2.26. The lowest BCUT2D eigenvalue weighted by Crippen LogP contribution is -2.42. The summed E-state index contributed by atoms with van der Waals surface area (Å²) in [6.45, 7) is 2.22. The van der Waals surface area contributed by atoms with Crippen molar-refractivity contribution in [3.63, 3.8) is 0 Å². The number of hydrogen-bond donors (Lipinski definition) is 2. The van der Waals surface area contributed by atoms with E-state index in [2.05, 4.69) is 23.9 Å². The standard InChI is InChI=1S/C14H21ClN4/c1-18-7-5-11(6-8-18)19(2)13-4-3-10(15)9-12(13)14(16)17/h3-4,9,11H,5-8H2,1-2H3,(H3,16,17). The predicted octanol–water partition coefficient (Wildman–Crippen LogP) is 2.15. The molecule has 19 heavy (non-hydrogen) atoms. The molecule has 0 saturated carbocycles. The zero-order valence-electron chi connectivity index (χ0n) is 11.5. The first-order valence-corrected chi connectivity index (χ1v) is 6.92. The molecule has 1 aliphatic heterocycles. The van der Waals surface area contributed by atoms with Crippen molar-refractivity contribution in [1.82, 2.24) is 4.90 Å². The zero-order chi connectivity index (χ0) is 14.0. The van der Waals surface area contributed by atoms with E-state index in [0.717, 1.165) is 31.6 Å². The Kier molecular flexibility index (Phi) is 4.32. The highest BCUT2D eigenvalue weighted by Crippen LogP contribution is 2.27. The first kappa shape index (κ1) is 14.2. The molecule has 1 aromatic carbocycles. The molecule has 5 heteroatoms. The number of halogens is 1. The molecule has 0 atom stereocenters. The third kappa shape index (κ3) is 3.19. The van der Waals surface area contributed by atoms with Crippen LogP contribution >= 0.6 is 11.6 Å². The predicted molar refractivity (Wildman–Crippen MR) is 81.4 cm³/mol. The molecule has 0 radical (unpaired) electrons. The smallest absolute Gasteiger partial charge is 0.124 e. The van der Waals surface area contributed by atoms with Crippen LogP contribution < -0.4 is 10.6 Å². The van der Waals surface area contributed by atoms with E-state index in [4.69, 9.17) is 22.7 Å². The van der Waals surface area contributed by atoms with E-state index in [1.54, 1.807) is 6.07 Å². The molecule has 0 amide bonds. The number of hydrogen-bond acceptors (Lipinski definition) is 3. The zero-order valence-corrected chi connectivity index (χ0v) is 12.2. The Bertz CT molecular complexity index is 467. The number of nitrogens with two attached hydrogens (primary N) is 1. The molecule has 4 nitrogen and oxygen atoms in total. The summed E-state index contributed by atoms with van der Waals surface area (Å²) in [4.78, 5) is 4.58. The Morgan fingerprint density at radius 2 is 2.05 bits per heavy atom. The fraction of sp³-hybridized carbons (Fsp3) is 0.500. The summed E-state index contributed by atoms with van der Waals surface area (Å²) in [5.41, 5.74) is 7.37. The van der Waals surface area contributed by atoms with E-state index < -0.39 is 0 Å². The maximum atomic E-state index is 7.70. The van der Waals surface area contributed by atoms with E-state index in [1.165, 1.54) is 0 Å². The second kappa shape index (κ2) is 5.80. The molecule has 1 aliphatic rings. The summed E-state index contributed by atoms with van der Waals surface area (Å²) >= 11 is 5.99. The van der Waals surface area contributed by atoms with Crippen LogP contribution in [-0.2, 0) is 0 Å². The molecule has 1 heterocycles. The lowest BCUT2D eigenvalue weighted by molar-refractivity contribution is 0.253. The van der Waals surface area contributed by atoms with E-state index in [-0.39, 0.29) is 5.84 Å². The van der Waals surface area contributed by atoms with Gasteiger partial charge in [0.05, 0.1) is 0 Å². The Hall–Kier alpha value is -1.26. The maximum Gasteiger partial charge on any atom is 0.124 e. The number of benzene rings is 1. The van der Waals surface area contributed by atoms with Crippen LogP contribution in [0.15, 0.2) is 18.2 Å². The van der Waals surface area contributed by atoms with Gasteiger partial charge in [0, 0.05) is 29.4 Å². The number of nitrogens with one attached hydrogen (secondary N) is 1. The number of amidine groups is 1. The number of nitrogen functional groups attached to an aromatic ring is 1. The summed E-state index contributed by atoms with van der Waals surface area (Å²) in [5.74, 6) is 0.0669. The largest absolute Gasteiger partial charge is 0.384 e. The third-order valence-corrected chi connectivity index (χ3v) is 4.10. The second-order valence-electron chi connectivity index (χ2n) is 5.22. The van der Waals surface area contributed by atoms with Crippen LogP contribution in [0.4, 0.5) is 5.69 Å². The normalized spacial score (nSPS) is 17.4. The third-order valence-electron chi connectivity index (χ3n) is 3.86. The van der Waals surface area contributed by atoms with Gasteiger partial charge in [-0.15, -0.1) is 0 Å². The molecule has 1 fully saturated rings. The minimum atomic E-state index is 0.0669. The minimum Gasteiger partial charge on any atom is -0.384 e. The van der Waals surface area contributed by atoms with Crippen LogP contribution in [0, 0.1) is 5.41 Å². The molecule has 0 bridgehead atoms. The number of nitrogens with zero attached hydrogens (tertiary/aromatic N) is 2. The first-order valence-electron chi connectivity index (χ1n) is 6.54. The van der Waals surface area contributed by atoms with E-state index in [1.807, 2.05) is 12.1 Å². The molecule has 1 saturated heterocycles. The van der Waals surface area contributed by atoms with Crippen LogP contribution in [0.3, 0.4) is 0 Å². The van der Waals surface area contributed by atoms with Gasteiger partial charge in [-0.05, 0) is 51.2 Å². The summed E-state index contributed by atoms with van der Waals surface area (Å²) in [6, 6.07) is 6.08. The fourth-order valence-corrected chi connectivity index (χ4v) is 2.78. The van der Waals surface area contributed by atoms with Gasteiger partial charge in [0.15, 0.2) is 0 Å². The van der Waals surface area contributed by atoms with E-state index in [0.29, 0.717) is 16.6 Å². The summed E-state index contributed by atoms with van der Waals surface area (Å²) in [5, 5.41) is 8.31. The molecular formula is C14H21ClN4. The van der Waals surface area contributed by atoms with Gasteiger partial charge in [-0.2, -0.15) is 0 Å². The summed E-state index contributed by atoms with van der Waals surface area (Å²) < 4.78 is 0. The maximum absolute atomic E-state index is 7.70. The Morgan fingerprint density at radius 3 is 2.63 bits per heavy atom.